The first-order valence-corrected chi connectivity index (χ1v) is 14.3. The third kappa shape index (κ3) is 7.94. The molecule has 0 bridgehead atoms. The summed E-state index contributed by atoms with van der Waals surface area (Å²) in [7, 11) is -4.28. The summed E-state index contributed by atoms with van der Waals surface area (Å²) in [6.07, 6.45) is 0. The minimum Gasteiger partial charge on any atom is -0.350 e. The van der Waals surface area contributed by atoms with Crippen molar-refractivity contribution in [2.45, 2.75) is 50.7 Å². The highest BCUT2D eigenvalue weighted by Gasteiger charge is 2.34. The molecule has 2 amide bonds. The van der Waals surface area contributed by atoms with Crippen LogP contribution in [0, 0.1) is 5.82 Å². The summed E-state index contributed by atoms with van der Waals surface area (Å²) in [6, 6.07) is 16.6. The third-order valence-corrected chi connectivity index (χ3v) is 7.93. The van der Waals surface area contributed by atoms with Gasteiger partial charge in [-0.25, -0.2) is 12.8 Å². The van der Waals surface area contributed by atoms with Gasteiger partial charge in [0.1, 0.15) is 18.4 Å². The maximum absolute atomic E-state index is 14.6. The first-order valence-electron chi connectivity index (χ1n) is 12.1. The van der Waals surface area contributed by atoms with Crippen molar-refractivity contribution in [2.75, 3.05) is 10.8 Å². The Kier molecular flexibility index (Phi) is 9.64. The Hall–Kier alpha value is -3.14. The summed E-state index contributed by atoms with van der Waals surface area (Å²) in [6.45, 7) is 5.91. The number of carbonyl (C=O) groups excluding carboxylic acids is 2. The molecule has 1 N–H and O–H groups in total. The lowest BCUT2D eigenvalue weighted by atomic mass is 10.1. The molecular weight excluding hydrogens is 564 g/mol. The highest BCUT2D eigenvalue weighted by atomic mass is 35.5. The van der Waals surface area contributed by atoms with Gasteiger partial charge >= 0.3 is 0 Å². The van der Waals surface area contributed by atoms with Crippen LogP contribution >= 0.6 is 23.2 Å². The number of hydrogen-bond acceptors (Lipinski definition) is 4. The normalized spacial score (nSPS) is 12.5. The fourth-order valence-corrected chi connectivity index (χ4v) is 5.73. The minimum absolute atomic E-state index is 0.0577. The van der Waals surface area contributed by atoms with E-state index in [0.717, 1.165) is 9.21 Å². The lowest BCUT2D eigenvalue weighted by Crippen LogP contribution is -2.54. The zero-order chi connectivity index (χ0) is 29.0. The lowest BCUT2D eigenvalue weighted by molar-refractivity contribution is -0.140. The van der Waals surface area contributed by atoms with E-state index in [1.807, 2.05) is 0 Å². The first kappa shape index (κ1) is 30.4. The van der Waals surface area contributed by atoms with Crippen LogP contribution in [0.4, 0.5) is 10.1 Å². The van der Waals surface area contributed by atoms with Gasteiger partial charge in [-0.2, -0.15) is 0 Å². The molecule has 0 unspecified atom stereocenters. The van der Waals surface area contributed by atoms with Gasteiger partial charge in [-0.05, 0) is 64.1 Å². The highest BCUT2D eigenvalue weighted by Crippen LogP contribution is 2.30. The molecule has 0 fully saturated rings. The van der Waals surface area contributed by atoms with E-state index >= 15 is 0 Å². The van der Waals surface area contributed by atoms with E-state index in [1.165, 1.54) is 55.5 Å². The molecular formula is C28H30Cl2FN3O4S. The number of nitrogens with zero attached hydrogens (tertiary/aromatic N) is 2. The van der Waals surface area contributed by atoms with Gasteiger partial charge in [0.15, 0.2) is 0 Å². The van der Waals surface area contributed by atoms with E-state index < -0.39 is 45.8 Å². The Morgan fingerprint density at radius 2 is 1.51 bits per heavy atom. The van der Waals surface area contributed by atoms with Gasteiger partial charge < -0.3 is 10.2 Å². The predicted octanol–water partition coefficient (Wildman–Crippen LogP) is 5.66. The molecule has 11 heteroatoms. The number of sulfonamides is 1. The van der Waals surface area contributed by atoms with Crippen molar-refractivity contribution >= 4 is 50.7 Å². The fourth-order valence-electron chi connectivity index (χ4n) is 3.80. The van der Waals surface area contributed by atoms with Crippen LogP contribution in [0.3, 0.4) is 0 Å². The van der Waals surface area contributed by atoms with E-state index in [9.17, 15) is 22.4 Å². The van der Waals surface area contributed by atoms with Gasteiger partial charge in [-0.3, -0.25) is 13.9 Å². The summed E-state index contributed by atoms with van der Waals surface area (Å²) in [5.41, 5.74) is -0.370. The predicted molar refractivity (Wildman–Crippen MR) is 152 cm³/mol. The van der Waals surface area contributed by atoms with Crippen LogP contribution in [0.1, 0.15) is 33.3 Å². The quantitative estimate of drug-likeness (QED) is 0.347. The molecule has 7 nitrogen and oxygen atoms in total. The Morgan fingerprint density at radius 1 is 0.949 bits per heavy atom. The van der Waals surface area contributed by atoms with Crippen molar-refractivity contribution in [3.8, 4) is 0 Å². The topological polar surface area (TPSA) is 86.8 Å². The molecule has 0 radical (unpaired) electrons. The Labute approximate surface area is 238 Å². The Bertz CT molecular complexity index is 1430. The minimum atomic E-state index is -4.28. The second-order valence-corrected chi connectivity index (χ2v) is 12.7. The molecule has 0 saturated heterocycles. The van der Waals surface area contributed by atoms with Crippen molar-refractivity contribution in [3.63, 3.8) is 0 Å². The summed E-state index contributed by atoms with van der Waals surface area (Å²) in [5, 5.41) is 3.15. The van der Waals surface area contributed by atoms with E-state index in [-0.39, 0.29) is 32.7 Å². The summed E-state index contributed by atoms with van der Waals surface area (Å²) in [4.78, 5) is 28.0. The van der Waals surface area contributed by atoms with Gasteiger partial charge in [0.2, 0.25) is 11.8 Å². The van der Waals surface area contributed by atoms with E-state index in [2.05, 4.69) is 5.32 Å². The molecule has 3 rings (SSSR count). The highest BCUT2D eigenvalue weighted by molar-refractivity contribution is 7.92. The fraction of sp³-hybridized carbons (Fsp3) is 0.286. The first-order chi connectivity index (χ1) is 18.2. The zero-order valence-electron chi connectivity index (χ0n) is 22.0. The van der Waals surface area contributed by atoms with E-state index in [0.29, 0.717) is 0 Å². The van der Waals surface area contributed by atoms with Gasteiger partial charge in [0, 0.05) is 27.7 Å². The van der Waals surface area contributed by atoms with Gasteiger partial charge in [0.25, 0.3) is 10.0 Å². The molecule has 0 spiro atoms. The van der Waals surface area contributed by atoms with Crippen LogP contribution in [-0.4, -0.2) is 43.3 Å². The number of amides is 2. The van der Waals surface area contributed by atoms with Crippen LogP contribution in [0.15, 0.2) is 77.7 Å². The standard InChI is InChI=1S/C28H30Cl2FN3O4S/c1-19(27(36)32-28(2,3)4)33(17-20-10-8-9-13-25(20)31)26(35)18-34(23-15-21(29)14-22(30)16-23)39(37,38)24-11-6-5-7-12-24/h5-16,19H,17-18H2,1-4H3,(H,32,36)/t19-/m0/s1. The van der Waals surface area contributed by atoms with E-state index in [1.54, 1.807) is 45.0 Å². The van der Waals surface area contributed by atoms with Crippen molar-refractivity contribution in [3.05, 3.63) is 94.2 Å². The summed E-state index contributed by atoms with van der Waals surface area (Å²) >= 11 is 12.3. The largest absolute Gasteiger partial charge is 0.350 e. The van der Waals surface area contributed by atoms with Crippen molar-refractivity contribution < 1.29 is 22.4 Å². The number of hydrogen-bond donors (Lipinski definition) is 1. The number of carbonyl (C=O) groups is 2. The molecule has 0 heterocycles. The van der Waals surface area contributed by atoms with Crippen molar-refractivity contribution in [1.29, 1.82) is 0 Å². The smallest absolute Gasteiger partial charge is 0.264 e. The molecule has 0 aromatic heterocycles. The van der Waals surface area contributed by atoms with Crippen LogP contribution < -0.4 is 9.62 Å². The monoisotopic (exact) mass is 593 g/mol. The van der Waals surface area contributed by atoms with Gasteiger partial charge in [-0.1, -0.05) is 59.6 Å². The average Bonchev–Trinajstić information content (AvgIpc) is 2.85. The zero-order valence-corrected chi connectivity index (χ0v) is 24.3. The number of rotatable bonds is 9. The molecule has 0 aliphatic rings. The molecule has 3 aromatic carbocycles. The van der Waals surface area contributed by atoms with Crippen LogP contribution in [0.2, 0.25) is 10.0 Å². The van der Waals surface area contributed by atoms with Crippen molar-refractivity contribution in [1.82, 2.24) is 10.2 Å². The Balaban J connectivity index is 2.07. The lowest BCUT2D eigenvalue weighted by Gasteiger charge is -2.33. The summed E-state index contributed by atoms with van der Waals surface area (Å²) in [5.74, 6) is -1.77. The maximum Gasteiger partial charge on any atom is 0.264 e. The van der Waals surface area contributed by atoms with Crippen molar-refractivity contribution in [2.24, 2.45) is 0 Å². The van der Waals surface area contributed by atoms with E-state index in [4.69, 9.17) is 23.2 Å². The van der Waals surface area contributed by atoms with Gasteiger partial charge in [-0.15, -0.1) is 0 Å². The molecule has 0 aliphatic carbocycles. The SMILES string of the molecule is C[C@@H](C(=O)NC(C)(C)C)N(Cc1ccccc1F)C(=O)CN(c1cc(Cl)cc(Cl)c1)S(=O)(=O)c1ccccc1. The average molecular weight is 595 g/mol. The molecule has 3 aromatic rings. The molecule has 1 atom stereocenters. The third-order valence-electron chi connectivity index (χ3n) is 5.71. The number of halogens is 3. The van der Waals surface area contributed by atoms with Gasteiger partial charge in [0.05, 0.1) is 10.6 Å². The molecule has 0 aliphatic heterocycles. The number of benzene rings is 3. The second-order valence-electron chi connectivity index (χ2n) is 9.98. The number of anilines is 1. The summed E-state index contributed by atoms with van der Waals surface area (Å²) < 4.78 is 43.0. The molecule has 0 saturated carbocycles. The number of nitrogens with one attached hydrogen (secondary N) is 1. The van der Waals surface area contributed by atoms with Crippen LogP contribution in [0.5, 0.6) is 0 Å². The second kappa shape index (κ2) is 12.4. The van der Waals surface area contributed by atoms with Crippen LogP contribution in [-0.2, 0) is 26.2 Å². The molecule has 208 valence electrons. The maximum atomic E-state index is 14.6. The van der Waals surface area contributed by atoms with Crippen LogP contribution in [0.25, 0.3) is 0 Å². The molecule has 39 heavy (non-hydrogen) atoms. The Morgan fingerprint density at radius 3 is 2.08 bits per heavy atom.